The van der Waals surface area contributed by atoms with Crippen molar-refractivity contribution >= 4 is 17.4 Å². The average Bonchev–Trinajstić information content (AvgIpc) is 2.44. The van der Waals surface area contributed by atoms with Crippen molar-refractivity contribution in [3.63, 3.8) is 0 Å². The van der Waals surface area contributed by atoms with Crippen LogP contribution < -0.4 is 0 Å². The van der Waals surface area contributed by atoms with Crippen LogP contribution in [-0.2, 0) is 6.54 Å². The van der Waals surface area contributed by atoms with Gasteiger partial charge in [0.1, 0.15) is 0 Å². The number of aryl methyl sites for hydroxylation is 1. The smallest absolute Gasteiger partial charge is 0.179 e. The first-order valence-electron chi connectivity index (χ1n) is 5.23. The fourth-order valence-corrected chi connectivity index (χ4v) is 1.95. The van der Waals surface area contributed by atoms with Crippen LogP contribution in [-0.4, -0.2) is 16.2 Å². The largest absolute Gasteiger partial charge is 0.348 e. The number of ketones is 1. The third kappa shape index (κ3) is 2.63. The summed E-state index contributed by atoms with van der Waals surface area (Å²) in [5, 5.41) is 0. The molecule has 0 aliphatic heterocycles. The van der Waals surface area contributed by atoms with Gasteiger partial charge in [-0.1, -0.05) is 13.8 Å². The molecule has 0 radical (unpaired) electrons. The Hall–Kier alpha value is -0.760. The minimum Gasteiger partial charge on any atom is -0.348 e. The van der Waals surface area contributed by atoms with Gasteiger partial charge >= 0.3 is 0 Å². The van der Waals surface area contributed by atoms with Crippen LogP contribution in [0.5, 0.6) is 0 Å². The molecule has 0 saturated carbocycles. The second-order valence-electron chi connectivity index (χ2n) is 4.35. The normalized spacial score (nSPS) is 11.1. The monoisotopic (exact) mass is 227 g/mol. The summed E-state index contributed by atoms with van der Waals surface area (Å²) in [7, 11) is 0. The fraction of sp³-hybridized carbons (Fsp3) is 0.583. The van der Waals surface area contributed by atoms with E-state index in [0.29, 0.717) is 5.92 Å². The quantitative estimate of drug-likeness (QED) is 0.572. The number of hydrogen-bond acceptors (Lipinski definition) is 1. The summed E-state index contributed by atoms with van der Waals surface area (Å²) in [6.45, 7) is 9.30. The summed E-state index contributed by atoms with van der Waals surface area (Å²) in [4.78, 5) is 11.5. The number of alkyl halides is 1. The van der Waals surface area contributed by atoms with E-state index in [1.54, 1.807) is 0 Å². The van der Waals surface area contributed by atoms with Gasteiger partial charge in [0, 0.05) is 23.5 Å². The van der Waals surface area contributed by atoms with E-state index in [1.165, 1.54) is 0 Å². The van der Waals surface area contributed by atoms with Gasteiger partial charge in [-0.15, -0.1) is 11.6 Å². The van der Waals surface area contributed by atoms with E-state index in [4.69, 9.17) is 11.6 Å². The van der Waals surface area contributed by atoms with Crippen molar-refractivity contribution in [1.29, 1.82) is 0 Å². The van der Waals surface area contributed by atoms with Gasteiger partial charge in [0.15, 0.2) is 5.78 Å². The zero-order valence-electron chi connectivity index (χ0n) is 9.80. The minimum absolute atomic E-state index is 0.0137. The molecule has 0 N–H and O–H groups in total. The van der Waals surface area contributed by atoms with Gasteiger partial charge in [-0.05, 0) is 25.8 Å². The van der Waals surface area contributed by atoms with E-state index in [-0.39, 0.29) is 11.7 Å². The number of rotatable bonds is 4. The molecular formula is C12H18ClNO. The SMILES string of the molecule is Cc1cc(C(=O)CCl)c(C)n1CC(C)C. The lowest BCUT2D eigenvalue weighted by atomic mass is 10.2. The van der Waals surface area contributed by atoms with Crippen molar-refractivity contribution in [3.8, 4) is 0 Å². The number of aromatic nitrogens is 1. The van der Waals surface area contributed by atoms with E-state index in [9.17, 15) is 4.79 Å². The fourth-order valence-electron chi connectivity index (χ4n) is 1.80. The highest BCUT2D eigenvalue weighted by molar-refractivity contribution is 6.30. The number of carbonyl (C=O) groups is 1. The summed E-state index contributed by atoms with van der Waals surface area (Å²) in [6.07, 6.45) is 0. The first-order chi connectivity index (χ1) is 6.97. The Morgan fingerprint density at radius 2 is 2.07 bits per heavy atom. The maximum atomic E-state index is 11.5. The maximum absolute atomic E-state index is 11.5. The average molecular weight is 228 g/mol. The summed E-state index contributed by atoms with van der Waals surface area (Å²) < 4.78 is 2.18. The summed E-state index contributed by atoms with van der Waals surface area (Å²) >= 11 is 5.57. The summed E-state index contributed by atoms with van der Waals surface area (Å²) in [6, 6.07) is 1.93. The highest BCUT2D eigenvalue weighted by atomic mass is 35.5. The highest BCUT2D eigenvalue weighted by Gasteiger charge is 2.14. The van der Waals surface area contributed by atoms with E-state index in [2.05, 4.69) is 18.4 Å². The van der Waals surface area contributed by atoms with Crippen LogP contribution in [0, 0.1) is 19.8 Å². The molecule has 0 saturated heterocycles. The predicted octanol–water partition coefficient (Wildman–Crippen LogP) is 3.18. The van der Waals surface area contributed by atoms with Crippen molar-refractivity contribution in [2.24, 2.45) is 5.92 Å². The Labute approximate surface area is 96.2 Å². The molecule has 1 aromatic rings. The van der Waals surface area contributed by atoms with Crippen molar-refractivity contribution in [2.45, 2.75) is 34.2 Å². The van der Waals surface area contributed by atoms with Gasteiger partial charge < -0.3 is 4.57 Å². The molecule has 0 aliphatic rings. The summed E-state index contributed by atoms with van der Waals surface area (Å²) in [5.74, 6) is 0.653. The molecule has 0 bridgehead atoms. The second-order valence-corrected chi connectivity index (χ2v) is 4.61. The van der Waals surface area contributed by atoms with Crippen LogP contribution in [0.1, 0.15) is 35.6 Å². The van der Waals surface area contributed by atoms with Crippen molar-refractivity contribution in [2.75, 3.05) is 5.88 Å². The molecule has 1 aromatic heterocycles. The van der Waals surface area contributed by atoms with Crippen LogP contribution >= 0.6 is 11.6 Å². The zero-order chi connectivity index (χ0) is 11.6. The molecule has 0 fully saturated rings. The van der Waals surface area contributed by atoms with Gasteiger partial charge in [-0.25, -0.2) is 0 Å². The van der Waals surface area contributed by atoms with E-state index in [0.717, 1.165) is 23.5 Å². The molecule has 84 valence electrons. The molecule has 2 nitrogen and oxygen atoms in total. The molecule has 0 amide bonds. The first-order valence-corrected chi connectivity index (χ1v) is 5.76. The molecule has 0 spiro atoms. The number of halogens is 1. The van der Waals surface area contributed by atoms with Gasteiger partial charge in [0.25, 0.3) is 0 Å². The van der Waals surface area contributed by atoms with Gasteiger partial charge in [-0.2, -0.15) is 0 Å². The van der Waals surface area contributed by atoms with E-state index in [1.807, 2.05) is 19.9 Å². The highest BCUT2D eigenvalue weighted by Crippen LogP contribution is 2.17. The first kappa shape index (κ1) is 12.3. The van der Waals surface area contributed by atoms with Crippen LogP contribution in [0.4, 0.5) is 0 Å². The molecule has 0 unspecified atom stereocenters. The number of Topliss-reactive ketones (excluding diaryl/α,β-unsaturated/α-hetero) is 1. The van der Waals surface area contributed by atoms with E-state index >= 15 is 0 Å². The Morgan fingerprint density at radius 3 is 2.53 bits per heavy atom. The second kappa shape index (κ2) is 4.84. The van der Waals surface area contributed by atoms with Gasteiger partial charge in [0.05, 0.1) is 5.88 Å². The lowest BCUT2D eigenvalue weighted by molar-refractivity contribution is 0.102. The third-order valence-electron chi connectivity index (χ3n) is 2.54. The third-order valence-corrected chi connectivity index (χ3v) is 2.79. The van der Waals surface area contributed by atoms with Crippen LogP contribution in [0.2, 0.25) is 0 Å². The Balaban J connectivity index is 3.08. The minimum atomic E-state index is 0.0137. The molecular weight excluding hydrogens is 210 g/mol. The molecule has 3 heteroatoms. The molecule has 0 atom stereocenters. The predicted molar refractivity (Wildman–Crippen MR) is 63.8 cm³/mol. The Morgan fingerprint density at radius 1 is 1.47 bits per heavy atom. The Bertz CT molecular complexity index is 366. The van der Waals surface area contributed by atoms with Crippen LogP contribution in [0.3, 0.4) is 0 Å². The summed E-state index contributed by atoms with van der Waals surface area (Å²) in [5.41, 5.74) is 2.93. The maximum Gasteiger partial charge on any atom is 0.179 e. The molecule has 1 heterocycles. The van der Waals surface area contributed by atoms with Gasteiger partial charge in [-0.3, -0.25) is 4.79 Å². The van der Waals surface area contributed by atoms with Crippen molar-refractivity contribution in [3.05, 3.63) is 23.0 Å². The zero-order valence-corrected chi connectivity index (χ0v) is 10.6. The van der Waals surface area contributed by atoms with E-state index < -0.39 is 0 Å². The molecule has 0 aliphatic carbocycles. The van der Waals surface area contributed by atoms with Crippen molar-refractivity contribution in [1.82, 2.24) is 4.57 Å². The standard InChI is InChI=1S/C12H18ClNO/c1-8(2)7-14-9(3)5-11(10(14)4)12(15)6-13/h5,8H,6-7H2,1-4H3. The molecule has 0 aromatic carbocycles. The topological polar surface area (TPSA) is 22.0 Å². The molecule has 15 heavy (non-hydrogen) atoms. The number of hydrogen-bond donors (Lipinski definition) is 0. The van der Waals surface area contributed by atoms with Gasteiger partial charge in [0.2, 0.25) is 0 Å². The van der Waals surface area contributed by atoms with Crippen LogP contribution in [0.25, 0.3) is 0 Å². The number of carbonyl (C=O) groups excluding carboxylic acids is 1. The Kier molecular flexibility index (Phi) is 3.97. The van der Waals surface area contributed by atoms with Crippen molar-refractivity contribution < 1.29 is 4.79 Å². The number of nitrogens with zero attached hydrogens (tertiary/aromatic N) is 1. The molecule has 1 rings (SSSR count). The van der Waals surface area contributed by atoms with Crippen LogP contribution in [0.15, 0.2) is 6.07 Å². The lowest BCUT2D eigenvalue weighted by Gasteiger charge is -2.12. The lowest BCUT2D eigenvalue weighted by Crippen LogP contribution is -2.09.